The van der Waals surface area contributed by atoms with Crippen LogP contribution in [0.2, 0.25) is 0 Å². The number of ether oxygens (including phenoxy) is 1. The van der Waals surface area contributed by atoms with Gasteiger partial charge in [-0.3, -0.25) is 9.59 Å². The molecule has 1 aliphatic heterocycles. The van der Waals surface area contributed by atoms with E-state index in [2.05, 4.69) is 57.9 Å². The molecule has 1 fully saturated rings. The summed E-state index contributed by atoms with van der Waals surface area (Å²) < 4.78 is 9.36. The molecule has 1 N–H and O–H groups in total. The van der Waals surface area contributed by atoms with Crippen LogP contribution < -0.4 is 5.32 Å². The summed E-state index contributed by atoms with van der Waals surface area (Å²) >= 11 is 1.11. The summed E-state index contributed by atoms with van der Waals surface area (Å²) in [5.74, 6) is -0.958. The summed E-state index contributed by atoms with van der Waals surface area (Å²) in [5.41, 5.74) is 3.48. The van der Waals surface area contributed by atoms with Gasteiger partial charge in [0, 0.05) is 12.0 Å². The molecule has 2 radical (unpaired) electrons. The Labute approximate surface area is 188 Å². The molecule has 3 atom stereocenters. The van der Waals surface area contributed by atoms with Crippen molar-refractivity contribution in [2.45, 2.75) is 31.1 Å². The lowest BCUT2D eigenvalue weighted by molar-refractivity contribution is -0.142. The van der Waals surface area contributed by atoms with E-state index in [9.17, 15) is 9.59 Å². The Morgan fingerprint density at radius 1 is 1.42 bits per heavy atom. The second kappa shape index (κ2) is 8.97. The number of nitrogens with one attached hydrogen (secondary N) is 1. The second-order valence-corrected chi connectivity index (χ2v) is 9.19. The van der Waals surface area contributed by atoms with Crippen molar-refractivity contribution in [3.05, 3.63) is 53.2 Å². The number of allylic oxidation sites excluding steroid dienone is 1. The number of carbonyl (C=O) groups is 2. The maximum Gasteiger partial charge on any atom is 0.314 e. The summed E-state index contributed by atoms with van der Waals surface area (Å²) in [6.07, 6.45) is 6.32. The van der Waals surface area contributed by atoms with E-state index in [0.717, 1.165) is 37.6 Å². The molecule has 2 aromatic rings. The Morgan fingerprint density at radius 2 is 2.23 bits per heavy atom. The van der Waals surface area contributed by atoms with E-state index in [1.165, 1.54) is 18.2 Å². The maximum absolute atomic E-state index is 12.4. The maximum atomic E-state index is 12.4. The molecule has 160 valence electrons. The average Bonchev–Trinajstić information content (AvgIpc) is 3.36. The number of likely N-dealkylation sites (tertiary alicyclic amines) is 1. The number of aromatic nitrogens is 1. The zero-order chi connectivity index (χ0) is 22.0. The van der Waals surface area contributed by atoms with Crippen molar-refractivity contribution < 1.29 is 14.3 Å². The number of methoxy groups -OCH3 is 1. The summed E-state index contributed by atoms with van der Waals surface area (Å²) in [5, 5.41) is 3.03. The largest absolute Gasteiger partial charge is 0.469 e. The Kier molecular flexibility index (Phi) is 6.30. The molecule has 1 unspecified atom stereocenters. The third-order valence-corrected chi connectivity index (χ3v) is 7.35. The summed E-state index contributed by atoms with van der Waals surface area (Å²) in [6.45, 7) is 5.04. The number of hydrogen-bond acceptors (Lipinski definition) is 6. The van der Waals surface area contributed by atoms with Gasteiger partial charge in [0.1, 0.15) is 10.9 Å². The van der Waals surface area contributed by atoms with Crippen molar-refractivity contribution in [2.75, 3.05) is 32.1 Å². The molecule has 1 aromatic heterocycles. The first-order valence-electron chi connectivity index (χ1n) is 10.5. The van der Waals surface area contributed by atoms with Gasteiger partial charge in [0.15, 0.2) is 5.81 Å². The highest BCUT2D eigenvalue weighted by Gasteiger charge is 2.43. The average molecular weight is 435 g/mol. The molecule has 6 nitrogen and oxygen atoms in total. The molecule has 1 spiro atoms. The Hall–Kier alpha value is -2.45. The van der Waals surface area contributed by atoms with Crippen molar-refractivity contribution in [3.8, 4) is 0 Å². The fourth-order valence-electron chi connectivity index (χ4n) is 4.95. The van der Waals surface area contributed by atoms with Crippen LogP contribution >= 0.6 is 11.5 Å². The van der Waals surface area contributed by atoms with Crippen LogP contribution in [0.4, 0.5) is 9.80 Å². The molecule has 31 heavy (non-hydrogen) atoms. The number of benzene rings is 1. The summed E-state index contributed by atoms with van der Waals surface area (Å²) in [7, 11) is 6.56. The lowest BCUT2D eigenvalue weighted by Crippen LogP contribution is -2.47. The van der Waals surface area contributed by atoms with E-state index < -0.39 is 11.7 Å². The first kappa shape index (κ1) is 21.8. The smallest absolute Gasteiger partial charge is 0.314 e. The van der Waals surface area contributed by atoms with E-state index in [1.807, 2.05) is 0 Å². The van der Waals surface area contributed by atoms with Gasteiger partial charge >= 0.3 is 5.97 Å². The number of esters is 1. The summed E-state index contributed by atoms with van der Waals surface area (Å²) in [6, 6.07) is 10.4. The molecule has 2 aliphatic rings. The van der Waals surface area contributed by atoms with Gasteiger partial charge in [-0.1, -0.05) is 43.3 Å². The molecule has 2 heterocycles. The number of amides is 1. The molecule has 8 heteroatoms. The molecule has 0 saturated carbocycles. The Bertz CT molecular complexity index is 1010. The predicted octanol–water partition coefficient (Wildman–Crippen LogP) is 3.80. The lowest BCUT2D eigenvalue weighted by atomic mass is 9.68. The number of nitrogens with zero attached hydrogens (tertiary/aromatic N) is 2. The van der Waals surface area contributed by atoms with Crippen LogP contribution in [-0.4, -0.2) is 55.6 Å². The third kappa shape index (κ3) is 4.32. The molecule has 1 amide bonds. The minimum Gasteiger partial charge on any atom is -0.469 e. The molecule has 1 saturated heterocycles. The summed E-state index contributed by atoms with van der Waals surface area (Å²) in [4.78, 5) is 25.9. The highest BCUT2D eigenvalue weighted by Crippen LogP contribution is 2.46. The van der Waals surface area contributed by atoms with Gasteiger partial charge in [0.25, 0.3) is 0 Å². The molecular weight excluding hydrogens is 409 g/mol. The van der Waals surface area contributed by atoms with Gasteiger partial charge in [-0.25, -0.2) is 0 Å². The van der Waals surface area contributed by atoms with Gasteiger partial charge in [-0.15, -0.1) is 0 Å². The fourth-order valence-corrected chi connectivity index (χ4v) is 5.65. The fraction of sp³-hybridized carbons (Fsp3) is 0.435. The second-order valence-electron chi connectivity index (χ2n) is 8.38. The van der Waals surface area contributed by atoms with E-state index in [0.29, 0.717) is 23.0 Å². The molecular formula is C23H26BN3O3S. The van der Waals surface area contributed by atoms with Gasteiger partial charge in [-0.2, -0.15) is 4.37 Å². The van der Waals surface area contributed by atoms with Crippen molar-refractivity contribution in [2.24, 2.45) is 5.92 Å². The van der Waals surface area contributed by atoms with Gasteiger partial charge in [0.2, 0.25) is 7.85 Å². The Morgan fingerprint density at radius 3 is 2.97 bits per heavy atom. The van der Waals surface area contributed by atoms with Gasteiger partial charge in [-0.05, 0) is 60.6 Å². The zero-order valence-corrected chi connectivity index (χ0v) is 18.7. The van der Waals surface area contributed by atoms with Crippen LogP contribution in [0.1, 0.15) is 42.5 Å². The number of piperidine rings is 1. The van der Waals surface area contributed by atoms with Crippen LogP contribution in [0.15, 0.2) is 36.4 Å². The monoisotopic (exact) mass is 435 g/mol. The number of anilines is 1. The lowest BCUT2D eigenvalue weighted by Gasteiger charge is -2.44. The molecule has 4 rings (SSSR count). The van der Waals surface area contributed by atoms with Gasteiger partial charge in [0.05, 0.1) is 12.8 Å². The van der Waals surface area contributed by atoms with E-state index in [4.69, 9.17) is 12.6 Å². The third-order valence-electron chi connectivity index (χ3n) is 6.63. The molecule has 0 bridgehead atoms. The molecule has 1 aromatic carbocycles. The molecule has 1 aliphatic carbocycles. The topological polar surface area (TPSA) is 71.5 Å². The highest BCUT2D eigenvalue weighted by atomic mass is 32.1. The first-order chi connectivity index (χ1) is 14.9. The predicted molar refractivity (Wildman–Crippen MR) is 124 cm³/mol. The number of carbonyl (C=O) groups excluding carboxylic acids is 2. The van der Waals surface area contributed by atoms with Crippen molar-refractivity contribution >= 4 is 42.2 Å². The quantitative estimate of drug-likeness (QED) is 0.552. The van der Waals surface area contributed by atoms with Crippen molar-refractivity contribution in [3.63, 3.8) is 0 Å². The minimum absolute atomic E-state index is 0.110. The van der Waals surface area contributed by atoms with E-state index in [1.54, 1.807) is 6.07 Å². The number of rotatable bonds is 6. The van der Waals surface area contributed by atoms with Crippen LogP contribution in [-0.2, 0) is 14.9 Å². The highest BCUT2D eigenvalue weighted by molar-refractivity contribution is 7.10. The first-order valence-corrected chi connectivity index (χ1v) is 11.3. The van der Waals surface area contributed by atoms with Crippen LogP contribution in [0, 0.1) is 5.92 Å². The number of hydrogen-bond donors (Lipinski definition) is 1. The van der Waals surface area contributed by atoms with Crippen LogP contribution in [0.5, 0.6) is 0 Å². The van der Waals surface area contributed by atoms with Crippen molar-refractivity contribution in [1.29, 1.82) is 0 Å². The Balaban J connectivity index is 1.41. The van der Waals surface area contributed by atoms with Crippen molar-refractivity contribution in [1.82, 2.24) is 9.27 Å². The van der Waals surface area contributed by atoms with Crippen LogP contribution in [0.25, 0.3) is 6.08 Å². The number of fused-ring (bicyclic) bond motifs is 2. The SMILES string of the molecule is [B]C(=O)Nc1cc(C(CCN2CC[C@@]3(C=Cc4ccccc43)[C@@H](C)C2)C(=O)OC)ns1. The normalized spacial score (nSPS) is 23.5. The van der Waals surface area contributed by atoms with E-state index >= 15 is 0 Å². The minimum atomic E-state index is -0.649. The van der Waals surface area contributed by atoms with Gasteiger partial charge < -0.3 is 15.0 Å². The zero-order valence-electron chi connectivity index (χ0n) is 17.8. The standard InChI is InChI=1S/C23H26BN3O3S/c1-15-14-27(12-10-23(15)9-7-16-5-3-4-6-18(16)23)11-8-17(21(28)30-2)19-13-20(31-26-19)25-22(24)29/h3-7,9,13,15,17H,8,10-12,14H2,1-2H3,(H,25,29)/t15-,17?,23-/m0/s1. The van der Waals surface area contributed by atoms with E-state index in [-0.39, 0.29) is 11.4 Å². The van der Waals surface area contributed by atoms with Crippen LogP contribution in [0.3, 0.4) is 0 Å².